The molecule has 0 aliphatic carbocycles. The van der Waals surface area contributed by atoms with Crippen molar-refractivity contribution in [2.24, 2.45) is 4.99 Å². The van der Waals surface area contributed by atoms with Gasteiger partial charge < -0.3 is 0 Å². The van der Waals surface area contributed by atoms with E-state index in [1.807, 2.05) is 6.92 Å². The second-order valence-corrected chi connectivity index (χ2v) is 1.62. The standard InChI is InChI=1S/C9H11N/c1-4-6-9(3)7-8-10-5-2/h5,7-8H,3H2,1-2H3/b8-7-,10-5?. The topological polar surface area (TPSA) is 12.4 Å². The molecule has 0 rings (SSSR count). The van der Waals surface area contributed by atoms with Crippen molar-refractivity contribution in [1.29, 1.82) is 0 Å². The predicted molar refractivity (Wildman–Crippen MR) is 45.9 cm³/mol. The van der Waals surface area contributed by atoms with Crippen molar-refractivity contribution in [3.05, 3.63) is 24.4 Å². The molecule has 0 N–H and O–H groups in total. The highest BCUT2D eigenvalue weighted by molar-refractivity contribution is 5.54. The minimum atomic E-state index is 0.785. The molecule has 0 unspecified atom stereocenters. The van der Waals surface area contributed by atoms with Gasteiger partial charge in [-0.25, -0.2) is 0 Å². The van der Waals surface area contributed by atoms with Crippen molar-refractivity contribution in [3.63, 3.8) is 0 Å². The molecule has 0 fully saturated rings. The van der Waals surface area contributed by atoms with E-state index in [0.29, 0.717) is 0 Å². The largest absolute Gasteiger partial charge is 0.269 e. The zero-order valence-corrected chi connectivity index (χ0v) is 6.39. The van der Waals surface area contributed by atoms with E-state index in [-0.39, 0.29) is 0 Å². The molecular weight excluding hydrogens is 122 g/mol. The van der Waals surface area contributed by atoms with Crippen molar-refractivity contribution in [2.75, 3.05) is 0 Å². The maximum absolute atomic E-state index is 3.86. The van der Waals surface area contributed by atoms with Gasteiger partial charge in [0.15, 0.2) is 0 Å². The van der Waals surface area contributed by atoms with Gasteiger partial charge in [0.05, 0.1) is 0 Å². The summed E-state index contributed by atoms with van der Waals surface area (Å²) in [4.78, 5) is 3.86. The van der Waals surface area contributed by atoms with Crippen molar-refractivity contribution < 1.29 is 0 Å². The predicted octanol–water partition coefficient (Wildman–Crippen LogP) is 2.17. The van der Waals surface area contributed by atoms with Crippen molar-refractivity contribution in [3.8, 4) is 11.8 Å². The van der Waals surface area contributed by atoms with Crippen LogP contribution in [0.1, 0.15) is 13.8 Å². The molecule has 0 amide bonds. The van der Waals surface area contributed by atoms with E-state index in [1.54, 1.807) is 25.4 Å². The molecule has 52 valence electrons. The number of rotatable bonds is 2. The lowest BCUT2D eigenvalue weighted by molar-refractivity contribution is 1.56. The van der Waals surface area contributed by atoms with E-state index < -0.39 is 0 Å². The molecule has 10 heavy (non-hydrogen) atoms. The first-order valence-electron chi connectivity index (χ1n) is 3.07. The van der Waals surface area contributed by atoms with Gasteiger partial charge in [0.2, 0.25) is 0 Å². The lowest BCUT2D eigenvalue weighted by Crippen LogP contribution is -1.64. The molecule has 0 atom stereocenters. The molecule has 0 radical (unpaired) electrons. The Balaban J connectivity index is 3.86. The highest BCUT2D eigenvalue weighted by Crippen LogP contribution is 1.88. The van der Waals surface area contributed by atoms with Gasteiger partial charge in [-0.1, -0.05) is 12.5 Å². The Morgan fingerprint density at radius 3 is 2.80 bits per heavy atom. The number of nitrogens with zero attached hydrogens (tertiary/aromatic N) is 1. The van der Waals surface area contributed by atoms with E-state index in [1.165, 1.54) is 0 Å². The monoisotopic (exact) mass is 133 g/mol. The Bertz CT molecular complexity index is 211. The molecule has 0 aromatic heterocycles. The zero-order chi connectivity index (χ0) is 7.82. The van der Waals surface area contributed by atoms with E-state index in [9.17, 15) is 0 Å². The van der Waals surface area contributed by atoms with Crippen molar-refractivity contribution in [2.45, 2.75) is 13.8 Å². The molecule has 0 aromatic carbocycles. The van der Waals surface area contributed by atoms with E-state index >= 15 is 0 Å². The summed E-state index contributed by atoms with van der Waals surface area (Å²) in [5.41, 5.74) is 0.785. The fourth-order valence-electron chi connectivity index (χ4n) is 0.421. The molecule has 1 nitrogen and oxygen atoms in total. The molecule has 0 spiro atoms. The van der Waals surface area contributed by atoms with Crippen molar-refractivity contribution >= 4 is 6.21 Å². The smallest absolute Gasteiger partial charge is 0.0275 e. The number of hydrogen-bond donors (Lipinski definition) is 0. The SMILES string of the molecule is C=C(C#CC)/C=C\N=CC. The lowest BCUT2D eigenvalue weighted by atomic mass is 10.3. The van der Waals surface area contributed by atoms with Gasteiger partial charge in [0.25, 0.3) is 0 Å². The molecule has 0 saturated heterocycles. The molecule has 0 saturated carbocycles. The molecule has 1 heteroatoms. The number of aliphatic imine (C=N–C) groups is 1. The van der Waals surface area contributed by atoms with Crippen LogP contribution in [-0.2, 0) is 0 Å². The molecule has 0 aliphatic rings. The quantitative estimate of drug-likeness (QED) is 0.311. The third kappa shape index (κ3) is 4.86. The van der Waals surface area contributed by atoms with Gasteiger partial charge in [0, 0.05) is 18.0 Å². The molecular formula is C9H11N. The Morgan fingerprint density at radius 1 is 1.60 bits per heavy atom. The number of allylic oxidation sites excluding steroid dienone is 2. The molecule has 0 bridgehead atoms. The van der Waals surface area contributed by atoms with Crippen LogP contribution in [0, 0.1) is 11.8 Å². The lowest BCUT2D eigenvalue weighted by Gasteiger charge is -1.79. The normalized spacial score (nSPS) is 9.80. The van der Waals surface area contributed by atoms with Crippen molar-refractivity contribution in [1.82, 2.24) is 0 Å². The fourth-order valence-corrected chi connectivity index (χ4v) is 0.421. The van der Waals surface area contributed by atoms with Gasteiger partial charge in [-0.05, 0) is 19.9 Å². The van der Waals surface area contributed by atoms with Gasteiger partial charge in [0.1, 0.15) is 0 Å². The van der Waals surface area contributed by atoms with Crippen LogP contribution in [-0.4, -0.2) is 6.21 Å². The Hall–Kier alpha value is -1.29. The van der Waals surface area contributed by atoms with Crippen LogP contribution in [0.25, 0.3) is 0 Å². The van der Waals surface area contributed by atoms with Gasteiger partial charge in [-0.3, -0.25) is 4.99 Å². The summed E-state index contributed by atoms with van der Waals surface area (Å²) in [6.07, 6.45) is 5.16. The number of hydrogen-bond acceptors (Lipinski definition) is 1. The maximum Gasteiger partial charge on any atom is 0.0275 e. The highest BCUT2D eigenvalue weighted by Gasteiger charge is 1.73. The highest BCUT2D eigenvalue weighted by atomic mass is 14.6. The summed E-state index contributed by atoms with van der Waals surface area (Å²) >= 11 is 0. The fraction of sp³-hybridized carbons (Fsp3) is 0.222. The third-order valence-corrected chi connectivity index (χ3v) is 0.796. The summed E-state index contributed by atoms with van der Waals surface area (Å²) in [6, 6.07) is 0. The van der Waals surface area contributed by atoms with E-state index in [4.69, 9.17) is 0 Å². The van der Waals surface area contributed by atoms with Gasteiger partial charge >= 0.3 is 0 Å². The summed E-state index contributed by atoms with van der Waals surface area (Å²) in [5, 5.41) is 0. The van der Waals surface area contributed by atoms with E-state index in [2.05, 4.69) is 23.4 Å². The van der Waals surface area contributed by atoms with Crippen LogP contribution < -0.4 is 0 Å². The van der Waals surface area contributed by atoms with E-state index in [0.717, 1.165) is 5.57 Å². The van der Waals surface area contributed by atoms with Crippen LogP contribution >= 0.6 is 0 Å². The summed E-state index contributed by atoms with van der Waals surface area (Å²) in [5.74, 6) is 5.54. The second-order valence-electron chi connectivity index (χ2n) is 1.62. The molecule has 0 aromatic rings. The Labute approximate surface area is 62.2 Å². The summed E-state index contributed by atoms with van der Waals surface area (Å²) in [6.45, 7) is 7.32. The Kier molecular flexibility index (Phi) is 5.09. The minimum Gasteiger partial charge on any atom is -0.269 e. The van der Waals surface area contributed by atoms with Gasteiger partial charge in [-0.15, -0.1) is 5.92 Å². The average molecular weight is 133 g/mol. The van der Waals surface area contributed by atoms with Crippen LogP contribution in [0.4, 0.5) is 0 Å². The molecule has 0 aliphatic heterocycles. The first kappa shape index (κ1) is 8.71. The average Bonchev–Trinajstić information content (AvgIpc) is 1.89. The molecule has 0 heterocycles. The van der Waals surface area contributed by atoms with Crippen LogP contribution in [0.3, 0.4) is 0 Å². The van der Waals surface area contributed by atoms with Crippen LogP contribution in [0.2, 0.25) is 0 Å². The Morgan fingerprint density at radius 2 is 2.30 bits per heavy atom. The van der Waals surface area contributed by atoms with Crippen LogP contribution in [0.5, 0.6) is 0 Å². The summed E-state index contributed by atoms with van der Waals surface area (Å²) in [7, 11) is 0. The minimum absolute atomic E-state index is 0.785. The van der Waals surface area contributed by atoms with Crippen LogP contribution in [0.15, 0.2) is 29.4 Å². The van der Waals surface area contributed by atoms with Gasteiger partial charge in [-0.2, -0.15) is 0 Å². The maximum atomic E-state index is 3.86. The first-order chi connectivity index (χ1) is 4.81. The third-order valence-electron chi connectivity index (χ3n) is 0.796. The first-order valence-corrected chi connectivity index (χ1v) is 3.07. The zero-order valence-electron chi connectivity index (χ0n) is 6.39. The second kappa shape index (κ2) is 5.84. The summed E-state index contributed by atoms with van der Waals surface area (Å²) < 4.78 is 0.